The number of ether oxygens (including phenoxy) is 3. The normalized spacial score (nSPS) is 14.6. The lowest BCUT2D eigenvalue weighted by molar-refractivity contribution is 0.101. The Morgan fingerprint density at radius 2 is 1.87 bits per heavy atom. The molecule has 2 aromatic carbocycles. The number of fused-ring (bicyclic) bond motifs is 1. The van der Waals surface area contributed by atoms with Crippen LogP contribution in [-0.2, 0) is 0 Å². The molecule has 23 heavy (non-hydrogen) atoms. The van der Waals surface area contributed by atoms with E-state index in [1.165, 1.54) is 0 Å². The predicted molar refractivity (Wildman–Crippen MR) is 88.3 cm³/mol. The quantitative estimate of drug-likeness (QED) is 0.800. The van der Waals surface area contributed by atoms with Crippen molar-refractivity contribution in [2.75, 3.05) is 13.7 Å². The van der Waals surface area contributed by atoms with Crippen molar-refractivity contribution in [3.63, 3.8) is 0 Å². The van der Waals surface area contributed by atoms with Gasteiger partial charge in [-0.05, 0) is 49.2 Å². The van der Waals surface area contributed by atoms with Gasteiger partial charge >= 0.3 is 0 Å². The van der Waals surface area contributed by atoms with Crippen LogP contribution < -0.4 is 14.2 Å². The number of carbonyl (C=O) groups is 1. The summed E-state index contributed by atoms with van der Waals surface area (Å²) in [6.07, 6.45) is 1.74. The molecule has 0 N–H and O–H groups in total. The van der Waals surface area contributed by atoms with E-state index in [2.05, 4.69) is 0 Å². The maximum absolute atomic E-state index is 12.5. The molecule has 4 heteroatoms. The lowest BCUT2D eigenvalue weighted by Crippen LogP contribution is -1.99. The molecule has 1 heterocycles. The fourth-order valence-electron chi connectivity index (χ4n) is 2.57. The molecule has 118 valence electrons. The number of ketones is 1. The Labute approximate surface area is 135 Å². The summed E-state index contributed by atoms with van der Waals surface area (Å²) in [5.74, 6) is 2.24. The summed E-state index contributed by atoms with van der Waals surface area (Å²) >= 11 is 0. The van der Waals surface area contributed by atoms with Crippen LogP contribution in [0.15, 0.2) is 42.2 Å². The Hall–Kier alpha value is -2.75. The van der Waals surface area contributed by atoms with Crippen LogP contribution in [0.2, 0.25) is 0 Å². The number of hydrogen-bond donors (Lipinski definition) is 0. The van der Waals surface area contributed by atoms with Gasteiger partial charge in [0.05, 0.1) is 19.3 Å². The fourth-order valence-corrected chi connectivity index (χ4v) is 2.57. The highest BCUT2D eigenvalue weighted by Crippen LogP contribution is 2.37. The van der Waals surface area contributed by atoms with E-state index in [4.69, 9.17) is 14.2 Å². The predicted octanol–water partition coefficient (Wildman–Crippen LogP) is 4.02. The summed E-state index contributed by atoms with van der Waals surface area (Å²) in [6, 6.07) is 11.1. The Bertz CT molecular complexity index is 773. The molecule has 0 saturated heterocycles. The van der Waals surface area contributed by atoms with Crippen LogP contribution in [0.25, 0.3) is 6.08 Å². The second-order valence-electron chi connectivity index (χ2n) is 5.26. The maximum atomic E-state index is 12.5. The smallest absolute Gasteiger partial charge is 0.232 e. The highest BCUT2D eigenvalue weighted by Gasteiger charge is 2.29. The van der Waals surface area contributed by atoms with E-state index >= 15 is 0 Å². The third-order valence-electron chi connectivity index (χ3n) is 3.67. The highest BCUT2D eigenvalue weighted by molar-refractivity contribution is 6.15. The van der Waals surface area contributed by atoms with Crippen molar-refractivity contribution < 1.29 is 19.0 Å². The molecule has 0 spiro atoms. The van der Waals surface area contributed by atoms with Crippen LogP contribution in [0, 0.1) is 6.92 Å². The number of hydrogen-bond acceptors (Lipinski definition) is 4. The molecule has 0 radical (unpaired) electrons. The van der Waals surface area contributed by atoms with E-state index in [1.807, 2.05) is 44.2 Å². The Balaban J connectivity index is 1.90. The number of methoxy groups -OCH3 is 1. The second-order valence-corrected chi connectivity index (χ2v) is 5.26. The van der Waals surface area contributed by atoms with Crippen molar-refractivity contribution in [3.8, 4) is 17.2 Å². The van der Waals surface area contributed by atoms with Crippen molar-refractivity contribution in [1.82, 2.24) is 0 Å². The summed E-state index contributed by atoms with van der Waals surface area (Å²) in [7, 11) is 1.59. The zero-order valence-corrected chi connectivity index (χ0v) is 13.4. The summed E-state index contributed by atoms with van der Waals surface area (Å²) in [4.78, 5) is 12.5. The first kappa shape index (κ1) is 15.2. The van der Waals surface area contributed by atoms with Gasteiger partial charge in [0, 0.05) is 6.07 Å². The van der Waals surface area contributed by atoms with Gasteiger partial charge in [0.2, 0.25) is 5.78 Å². The van der Waals surface area contributed by atoms with Crippen LogP contribution >= 0.6 is 0 Å². The van der Waals surface area contributed by atoms with Gasteiger partial charge in [-0.25, -0.2) is 0 Å². The molecular formula is C19H18O4. The van der Waals surface area contributed by atoms with E-state index in [0.29, 0.717) is 29.4 Å². The molecule has 1 aliphatic rings. The SMILES string of the molecule is CCOc1ccc(/C=C2\Oc3cc(OC)cc(C)c3C2=O)cc1. The van der Waals surface area contributed by atoms with E-state index in [-0.39, 0.29) is 5.78 Å². The van der Waals surface area contributed by atoms with Crippen molar-refractivity contribution in [3.05, 3.63) is 58.8 Å². The molecule has 0 atom stereocenters. The largest absolute Gasteiger partial charge is 0.497 e. The molecule has 1 aliphatic heterocycles. The summed E-state index contributed by atoms with van der Waals surface area (Å²) < 4.78 is 16.4. The molecule has 0 saturated carbocycles. The molecule has 3 rings (SSSR count). The number of Topliss-reactive ketones (excluding diaryl/α,β-unsaturated/α-hetero) is 1. The molecule has 4 nitrogen and oxygen atoms in total. The summed E-state index contributed by atoms with van der Waals surface area (Å²) in [5.41, 5.74) is 2.33. The van der Waals surface area contributed by atoms with Crippen LogP contribution in [0.5, 0.6) is 17.2 Å². The van der Waals surface area contributed by atoms with Crippen molar-refractivity contribution >= 4 is 11.9 Å². The van der Waals surface area contributed by atoms with E-state index in [0.717, 1.165) is 16.9 Å². The molecule has 0 aliphatic carbocycles. The molecule has 0 fully saturated rings. The molecule has 0 unspecified atom stereocenters. The highest BCUT2D eigenvalue weighted by atomic mass is 16.5. The van der Waals surface area contributed by atoms with Gasteiger partial charge in [-0.3, -0.25) is 4.79 Å². The average molecular weight is 310 g/mol. The number of allylic oxidation sites excluding steroid dienone is 1. The van der Waals surface area contributed by atoms with E-state index in [9.17, 15) is 4.79 Å². The van der Waals surface area contributed by atoms with E-state index < -0.39 is 0 Å². The first-order valence-corrected chi connectivity index (χ1v) is 7.48. The minimum atomic E-state index is -0.103. The van der Waals surface area contributed by atoms with Gasteiger partial charge in [-0.2, -0.15) is 0 Å². The van der Waals surface area contributed by atoms with Gasteiger partial charge < -0.3 is 14.2 Å². The van der Waals surface area contributed by atoms with Gasteiger partial charge in [-0.1, -0.05) is 12.1 Å². The van der Waals surface area contributed by atoms with Gasteiger partial charge in [0.1, 0.15) is 17.2 Å². The van der Waals surface area contributed by atoms with Crippen LogP contribution in [-0.4, -0.2) is 19.5 Å². The van der Waals surface area contributed by atoms with Crippen molar-refractivity contribution in [1.29, 1.82) is 0 Å². The van der Waals surface area contributed by atoms with Crippen LogP contribution in [0.3, 0.4) is 0 Å². The zero-order chi connectivity index (χ0) is 16.4. The van der Waals surface area contributed by atoms with Crippen LogP contribution in [0.1, 0.15) is 28.4 Å². The maximum Gasteiger partial charge on any atom is 0.232 e. The molecular weight excluding hydrogens is 292 g/mol. The average Bonchev–Trinajstić information content (AvgIpc) is 2.86. The molecule has 2 aromatic rings. The summed E-state index contributed by atoms with van der Waals surface area (Å²) in [5, 5.41) is 0. The lowest BCUT2D eigenvalue weighted by Gasteiger charge is -2.04. The number of benzene rings is 2. The third kappa shape index (κ3) is 2.93. The number of aryl methyl sites for hydroxylation is 1. The molecule has 0 amide bonds. The van der Waals surface area contributed by atoms with Crippen molar-refractivity contribution in [2.24, 2.45) is 0 Å². The van der Waals surface area contributed by atoms with Gasteiger partial charge in [0.25, 0.3) is 0 Å². The first-order chi connectivity index (χ1) is 11.1. The Morgan fingerprint density at radius 3 is 2.52 bits per heavy atom. The second kappa shape index (κ2) is 6.16. The minimum Gasteiger partial charge on any atom is -0.497 e. The minimum absolute atomic E-state index is 0.103. The van der Waals surface area contributed by atoms with Crippen molar-refractivity contribution in [2.45, 2.75) is 13.8 Å². The number of carbonyl (C=O) groups excluding carboxylic acids is 1. The Morgan fingerprint density at radius 1 is 1.13 bits per heavy atom. The van der Waals surface area contributed by atoms with E-state index in [1.54, 1.807) is 19.3 Å². The Kier molecular flexibility index (Phi) is 4.06. The topological polar surface area (TPSA) is 44.8 Å². The monoisotopic (exact) mass is 310 g/mol. The lowest BCUT2D eigenvalue weighted by atomic mass is 10.0. The first-order valence-electron chi connectivity index (χ1n) is 7.48. The zero-order valence-electron chi connectivity index (χ0n) is 13.4. The van der Waals surface area contributed by atoms with Gasteiger partial charge in [0.15, 0.2) is 5.76 Å². The molecule has 0 aromatic heterocycles. The standard InChI is InChI=1S/C19H18O4/c1-4-22-14-7-5-13(6-8-14)10-17-19(20)18-12(2)9-15(21-3)11-16(18)23-17/h5-11H,4H2,1-3H3/b17-10-. The third-order valence-corrected chi connectivity index (χ3v) is 3.67. The summed E-state index contributed by atoms with van der Waals surface area (Å²) in [6.45, 7) is 4.44. The number of rotatable bonds is 4. The van der Waals surface area contributed by atoms with Gasteiger partial charge in [-0.15, -0.1) is 0 Å². The fraction of sp³-hybridized carbons (Fsp3) is 0.211. The molecule has 0 bridgehead atoms. The van der Waals surface area contributed by atoms with Crippen LogP contribution in [0.4, 0.5) is 0 Å².